The number of carbonyl (C=O) groups excluding carboxylic acids is 2. The van der Waals surface area contributed by atoms with Crippen LogP contribution in [0, 0.1) is 18.8 Å². The Morgan fingerprint density at radius 1 is 1.21 bits per heavy atom. The minimum atomic E-state index is -0.978. The lowest BCUT2D eigenvalue weighted by Gasteiger charge is -2.29. The summed E-state index contributed by atoms with van der Waals surface area (Å²) in [5.41, 5.74) is 1.73. The number of carboxylic acid groups (broad SMARTS) is 1. The normalized spacial score (nSPS) is 19.1. The van der Waals surface area contributed by atoms with Crippen molar-refractivity contribution in [2.24, 2.45) is 11.8 Å². The van der Waals surface area contributed by atoms with E-state index in [4.69, 9.17) is 9.15 Å². The van der Waals surface area contributed by atoms with E-state index in [2.05, 4.69) is 5.32 Å². The third-order valence-corrected chi connectivity index (χ3v) is 5.54. The van der Waals surface area contributed by atoms with Crippen molar-refractivity contribution in [2.45, 2.75) is 46.0 Å². The molecular formula is C22H26NO6-. The molecule has 1 saturated carbocycles. The second-order valence-corrected chi connectivity index (χ2v) is 7.71. The van der Waals surface area contributed by atoms with E-state index in [-0.39, 0.29) is 24.3 Å². The molecule has 1 aromatic heterocycles. The minimum absolute atomic E-state index is 0.144. The molecule has 0 aliphatic heterocycles. The number of fused-ring (bicyclic) bond motifs is 1. The predicted molar refractivity (Wildman–Crippen MR) is 106 cm³/mol. The van der Waals surface area contributed by atoms with E-state index in [1.54, 1.807) is 6.07 Å². The molecule has 7 nitrogen and oxygen atoms in total. The molecule has 7 heteroatoms. The molecule has 0 radical (unpaired) electrons. The molecule has 0 unspecified atom stereocenters. The zero-order chi connectivity index (χ0) is 21.0. The van der Waals surface area contributed by atoms with E-state index in [9.17, 15) is 19.5 Å². The number of aryl methyl sites for hydroxylation is 2. The molecule has 3 rings (SSSR count). The summed E-state index contributed by atoms with van der Waals surface area (Å²) in [5, 5.41) is 14.5. The van der Waals surface area contributed by atoms with Crippen LogP contribution in [0.25, 0.3) is 11.0 Å². The molecule has 0 bridgehead atoms. The van der Waals surface area contributed by atoms with Gasteiger partial charge in [-0.05, 0) is 74.1 Å². The van der Waals surface area contributed by atoms with Gasteiger partial charge in [-0.25, -0.2) is 4.79 Å². The number of ether oxygens (including phenoxy) is 1. The lowest BCUT2D eigenvalue weighted by Crippen LogP contribution is -2.37. The third-order valence-electron chi connectivity index (χ3n) is 5.54. The second-order valence-electron chi connectivity index (χ2n) is 7.71. The van der Waals surface area contributed by atoms with Gasteiger partial charge in [-0.3, -0.25) is 4.79 Å². The topological polar surface area (TPSA) is 109 Å². The Balaban J connectivity index is 1.60. The van der Waals surface area contributed by atoms with Gasteiger partial charge in [0.1, 0.15) is 11.3 Å². The van der Waals surface area contributed by atoms with E-state index in [0.29, 0.717) is 42.5 Å². The molecule has 1 fully saturated rings. The maximum absolute atomic E-state index is 12.2. The predicted octanol–water partition coefficient (Wildman–Crippen LogP) is 1.72. The number of hydrogen-bond acceptors (Lipinski definition) is 6. The quantitative estimate of drug-likeness (QED) is 0.709. The number of benzene rings is 1. The van der Waals surface area contributed by atoms with Crippen molar-refractivity contribution in [1.29, 1.82) is 0 Å². The average Bonchev–Trinajstić information content (AvgIpc) is 2.69. The Hall–Kier alpha value is -2.83. The smallest absolute Gasteiger partial charge is 0.336 e. The van der Waals surface area contributed by atoms with Crippen LogP contribution >= 0.6 is 0 Å². The lowest BCUT2D eigenvalue weighted by molar-refractivity contribution is -0.312. The first-order valence-corrected chi connectivity index (χ1v) is 10.0. The highest BCUT2D eigenvalue weighted by molar-refractivity contribution is 5.88. The van der Waals surface area contributed by atoms with Crippen molar-refractivity contribution in [3.63, 3.8) is 0 Å². The molecule has 0 saturated heterocycles. The van der Waals surface area contributed by atoms with Gasteiger partial charge in [0.15, 0.2) is 6.61 Å². The van der Waals surface area contributed by atoms with Gasteiger partial charge in [-0.2, -0.15) is 0 Å². The van der Waals surface area contributed by atoms with Gasteiger partial charge < -0.3 is 24.4 Å². The van der Waals surface area contributed by atoms with Crippen molar-refractivity contribution in [1.82, 2.24) is 5.32 Å². The molecule has 1 aliphatic carbocycles. The summed E-state index contributed by atoms with van der Waals surface area (Å²) >= 11 is 0. The molecule has 1 aromatic carbocycles. The van der Waals surface area contributed by atoms with Gasteiger partial charge in [-0.15, -0.1) is 0 Å². The number of hydrogen-bond donors (Lipinski definition) is 1. The van der Waals surface area contributed by atoms with E-state index >= 15 is 0 Å². The molecule has 0 spiro atoms. The zero-order valence-corrected chi connectivity index (χ0v) is 16.8. The van der Waals surface area contributed by atoms with Gasteiger partial charge in [0.25, 0.3) is 5.91 Å². The van der Waals surface area contributed by atoms with E-state index in [1.165, 1.54) is 6.07 Å². The van der Waals surface area contributed by atoms with Crippen LogP contribution in [0.3, 0.4) is 0 Å². The summed E-state index contributed by atoms with van der Waals surface area (Å²) in [6.45, 7) is 4.18. The van der Waals surface area contributed by atoms with Crippen LogP contribution in [0.5, 0.6) is 5.75 Å². The highest BCUT2D eigenvalue weighted by Crippen LogP contribution is 2.30. The monoisotopic (exact) mass is 400 g/mol. The molecule has 1 N–H and O–H groups in total. The molecular weight excluding hydrogens is 374 g/mol. The van der Waals surface area contributed by atoms with Crippen LogP contribution in [0.4, 0.5) is 0 Å². The maximum Gasteiger partial charge on any atom is 0.336 e. The van der Waals surface area contributed by atoms with Crippen LogP contribution in [0.1, 0.15) is 43.7 Å². The van der Waals surface area contributed by atoms with Gasteiger partial charge in [-0.1, -0.05) is 6.92 Å². The molecule has 0 atom stereocenters. The van der Waals surface area contributed by atoms with E-state index < -0.39 is 11.6 Å². The Bertz CT molecular complexity index is 956. The highest BCUT2D eigenvalue weighted by Gasteiger charge is 2.22. The van der Waals surface area contributed by atoms with Crippen LogP contribution in [-0.4, -0.2) is 25.0 Å². The van der Waals surface area contributed by atoms with Gasteiger partial charge in [0.05, 0.1) is 5.39 Å². The van der Waals surface area contributed by atoms with Crippen molar-refractivity contribution >= 4 is 22.8 Å². The van der Waals surface area contributed by atoms with E-state index in [1.807, 2.05) is 19.9 Å². The second kappa shape index (κ2) is 9.11. The Morgan fingerprint density at radius 3 is 2.59 bits per heavy atom. The van der Waals surface area contributed by atoms with Gasteiger partial charge in [0, 0.05) is 18.6 Å². The SMILES string of the molecule is CCc1cc(=O)oc2cc(C)cc(OCC(=O)NCC3CCC(C(=O)[O-])CC3)c12. The first-order chi connectivity index (χ1) is 13.9. The van der Waals surface area contributed by atoms with E-state index in [0.717, 1.165) is 24.0 Å². The fourth-order valence-corrected chi connectivity index (χ4v) is 3.92. The molecule has 156 valence electrons. The number of nitrogens with one attached hydrogen (secondary N) is 1. The average molecular weight is 400 g/mol. The first kappa shape index (κ1) is 20.9. The largest absolute Gasteiger partial charge is 0.550 e. The molecule has 1 amide bonds. The summed E-state index contributed by atoms with van der Waals surface area (Å²) in [6, 6.07) is 5.06. The standard InChI is InChI=1S/C22H27NO6/c1-3-15-10-20(25)29-18-9-13(2)8-17(21(15)18)28-12-19(24)23-11-14-4-6-16(7-5-14)22(26)27/h8-10,14,16H,3-7,11-12H2,1-2H3,(H,23,24)(H,26,27)/p-1. The van der Waals surface area contributed by atoms with Gasteiger partial charge >= 0.3 is 5.63 Å². The summed E-state index contributed by atoms with van der Waals surface area (Å²) in [5.74, 6) is -0.793. The lowest BCUT2D eigenvalue weighted by atomic mass is 9.82. The first-order valence-electron chi connectivity index (χ1n) is 10.0. The number of amides is 1. The summed E-state index contributed by atoms with van der Waals surface area (Å²) in [4.78, 5) is 34.9. The van der Waals surface area contributed by atoms with Gasteiger partial charge in [0.2, 0.25) is 0 Å². The molecule has 2 aromatic rings. The number of carbonyl (C=O) groups is 2. The zero-order valence-electron chi connectivity index (χ0n) is 16.8. The van der Waals surface area contributed by atoms with Crippen molar-refractivity contribution in [3.8, 4) is 5.75 Å². The maximum atomic E-state index is 12.2. The van der Waals surface area contributed by atoms with Crippen LogP contribution in [-0.2, 0) is 16.0 Å². The van der Waals surface area contributed by atoms with Crippen molar-refractivity contribution < 1.29 is 23.8 Å². The summed E-state index contributed by atoms with van der Waals surface area (Å²) < 4.78 is 11.1. The number of aliphatic carboxylic acids is 1. The van der Waals surface area contributed by atoms with Crippen molar-refractivity contribution in [3.05, 3.63) is 39.7 Å². The van der Waals surface area contributed by atoms with Crippen LogP contribution < -0.4 is 20.8 Å². The fourth-order valence-electron chi connectivity index (χ4n) is 3.92. The van der Waals surface area contributed by atoms with Crippen LogP contribution in [0.15, 0.2) is 27.4 Å². The Kier molecular flexibility index (Phi) is 6.56. The number of rotatable bonds is 7. The molecule has 29 heavy (non-hydrogen) atoms. The number of carboxylic acids is 1. The molecule has 1 aliphatic rings. The van der Waals surface area contributed by atoms with Crippen LogP contribution in [0.2, 0.25) is 0 Å². The summed E-state index contributed by atoms with van der Waals surface area (Å²) in [6.07, 6.45) is 3.37. The molecule has 1 heterocycles. The van der Waals surface area contributed by atoms with Crippen molar-refractivity contribution in [2.75, 3.05) is 13.2 Å². The Labute approximate surface area is 169 Å². The Morgan fingerprint density at radius 2 is 1.93 bits per heavy atom. The highest BCUT2D eigenvalue weighted by atomic mass is 16.5. The fraction of sp³-hybridized carbons (Fsp3) is 0.500. The third kappa shape index (κ3) is 5.16. The summed E-state index contributed by atoms with van der Waals surface area (Å²) in [7, 11) is 0. The minimum Gasteiger partial charge on any atom is -0.550 e.